The number of hydrogen-bond donors (Lipinski definition) is 2. The number of hydrogen-bond acceptors (Lipinski definition) is 5. The SMILES string of the molecule is NCC1(CNc2ncnc3ccsc23)CCCCC1. The lowest BCUT2D eigenvalue weighted by molar-refractivity contribution is 0.215. The maximum Gasteiger partial charge on any atom is 0.147 e. The first kappa shape index (κ1) is 12.8. The Bertz CT molecular complexity index is 545. The van der Waals surface area contributed by atoms with Crippen LogP contribution in [0.25, 0.3) is 10.2 Å². The van der Waals surface area contributed by atoms with Gasteiger partial charge in [-0.2, -0.15) is 0 Å². The van der Waals surface area contributed by atoms with Gasteiger partial charge in [0.05, 0.1) is 10.2 Å². The van der Waals surface area contributed by atoms with Gasteiger partial charge >= 0.3 is 0 Å². The smallest absolute Gasteiger partial charge is 0.147 e. The molecule has 0 bridgehead atoms. The molecular formula is C14H20N4S. The summed E-state index contributed by atoms with van der Waals surface area (Å²) in [5, 5.41) is 5.57. The lowest BCUT2D eigenvalue weighted by Crippen LogP contribution is -2.39. The monoisotopic (exact) mass is 276 g/mol. The maximum atomic E-state index is 6.02. The predicted octanol–water partition coefficient (Wildman–Crippen LogP) is 3.01. The van der Waals surface area contributed by atoms with Crippen molar-refractivity contribution in [2.24, 2.45) is 11.1 Å². The Morgan fingerprint density at radius 2 is 2.11 bits per heavy atom. The Morgan fingerprint density at radius 3 is 2.89 bits per heavy atom. The lowest BCUT2D eigenvalue weighted by atomic mass is 9.74. The van der Waals surface area contributed by atoms with Crippen molar-refractivity contribution in [3.8, 4) is 0 Å². The van der Waals surface area contributed by atoms with Gasteiger partial charge in [0, 0.05) is 6.54 Å². The first-order valence-electron chi connectivity index (χ1n) is 6.95. The third kappa shape index (κ3) is 2.58. The van der Waals surface area contributed by atoms with Crippen molar-refractivity contribution in [3.05, 3.63) is 17.8 Å². The summed E-state index contributed by atoms with van der Waals surface area (Å²) in [7, 11) is 0. The summed E-state index contributed by atoms with van der Waals surface area (Å²) in [6.45, 7) is 1.69. The van der Waals surface area contributed by atoms with Gasteiger partial charge in [-0.25, -0.2) is 9.97 Å². The van der Waals surface area contributed by atoms with Gasteiger partial charge in [-0.1, -0.05) is 19.3 Å². The number of thiophene rings is 1. The van der Waals surface area contributed by atoms with E-state index in [0.29, 0.717) is 0 Å². The van der Waals surface area contributed by atoms with Gasteiger partial charge in [0.2, 0.25) is 0 Å². The van der Waals surface area contributed by atoms with Gasteiger partial charge in [0.25, 0.3) is 0 Å². The fourth-order valence-corrected chi connectivity index (χ4v) is 3.75. The summed E-state index contributed by atoms with van der Waals surface area (Å²) in [5.74, 6) is 0.957. The molecule has 5 heteroatoms. The number of nitrogens with two attached hydrogens (primary N) is 1. The number of nitrogens with zero attached hydrogens (tertiary/aromatic N) is 2. The topological polar surface area (TPSA) is 63.8 Å². The number of aromatic nitrogens is 2. The fourth-order valence-electron chi connectivity index (χ4n) is 2.94. The normalized spacial score (nSPS) is 18.6. The van der Waals surface area contributed by atoms with E-state index >= 15 is 0 Å². The Balaban J connectivity index is 1.76. The van der Waals surface area contributed by atoms with Gasteiger partial charge in [-0.3, -0.25) is 0 Å². The molecule has 4 nitrogen and oxygen atoms in total. The van der Waals surface area contributed by atoms with Crippen LogP contribution in [0.3, 0.4) is 0 Å². The molecule has 0 aliphatic heterocycles. The van der Waals surface area contributed by atoms with E-state index in [9.17, 15) is 0 Å². The van der Waals surface area contributed by atoms with Crippen LogP contribution in [0.5, 0.6) is 0 Å². The van der Waals surface area contributed by atoms with E-state index < -0.39 is 0 Å². The van der Waals surface area contributed by atoms with E-state index in [0.717, 1.165) is 29.1 Å². The van der Waals surface area contributed by atoms with Gasteiger partial charge in [-0.05, 0) is 36.2 Å². The molecular weight excluding hydrogens is 256 g/mol. The Labute approximate surface area is 117 Å². The van der Waals surface area contributed by atoms with E-state index in [2.05, 4.69) is 20.7 Å². The zero-order valence-corrected chi connectivity index (χ0v) is 11.9. The first-order valence-corrected chi connectivity index (χ1v) is 7.83. The molecule has 2 aromatic heterocycles. The second-order valence-electron chi connectivity index (χ2n) is 5.48. The number of nitrogens with one attached hydrogen (secondary N) is 1. The van der Waals surface area contributed by atoms with Crippen LogP contribution in [-0.4, -0.2) is 23.1 Å². The second-order valence-corrected chi connectivity index (χ2v) is 6.39. The molecule has 1 fully saturated rings. The first-order chi connectivity index (χ1) is 9.33. The minimum atomic E-state index is 0.257. The van der Waals surface area contributed by atoms with Gasteiger partial charge < -0.3 is 11.1 Å². The predicted molar refractivity (Wildman–Crippen MR) is 80.5 cm³/mol. The molecule has 0 unspecified atom stereocenters. The summed E-state index contributed by atoms with van der Waals surface area (Å²) in [6, 6.07) is 2.03. The van der Waals surface area contributed by atoms with Crippen LogP contribution < -0.4 is 11.1 Å². The molecule has 3 rings (SSSR count). The van der Waals surface area contributed by atoms with Crippen LogP contribution in [0.4, 0.5) is 5.82 Å². The van der Waals surface area contributed by atoms with Crippen LogP contribution >= 0.6 is 11.3 Å². The highest BCUT2D eigenvalue weighted by Crippen LogP contribution is 2.36. The Hall–Kier alpha value is -1.20. The van der Waals surface area contributed by atoms with E-state index in [4.69, 9.17) is 5.73 Å². The summed E-state index contributed by atoms with van der Waals surface area (Å²) in [5.41, 5.74) is 7.30. The molecule has 3 N–H and O–H groups in total. The van der Waals surface area contributed by atoms with Crippen LogP contribution in [0.2, 0.25) is 0 Å². The van der Waals surface area contributed by atoms with Crippen LogP contribution in [-0.2, 0) is 0 Å². The highest BCUT2D eigenvalue weighted by atomic mass is 32.1. The number of anilines is 1. The second kappa shape index (κ2) is 5.43. The minimum absolute atomic E-state index is 0.257. The number of fused-ring (bicyclic) bond motifs is 1. The molecule has 2 heterocycles. The van der Waals surface area contributed by atoms with Gasteiger partial charge in [-0.15, -0.1) is 11.3 Å². The van der Waals surface area contributed by atoms with E-state index in [-0.39, 0.29) is 5.41 Å². The highest BCUT2D eigenvalue weighted by Gasteiger charge is 2.30. The molecule has 19 heavy (non-hydrogen) atoms. The van der Waals surface area contributed by atoms with Crippen LogP contribution in [0.1, 0.15) is 32.1 Å². The third-order valence-electron chi connectivity index (χ3n) is 4.22. The van der Waals surface area contributed by atoms with E-state index in [1.807, 2.05) is 6.07 Å². The third-order valence-corrected chi connectivity index (χ3v) is 5.13. The highest BCUT2D eigenvalue weighted by molar-refractivity contribution is 7.17. The van der Waals surface area contributed by atoms with Crippen molar-refractivity contribution in [2.45, 2.75) is 32.1 Å². The average Bonchev–Trinajstić information content (AvgIpc) is 2.95. The molecule has 0 spiro atoms. The Morgan fingerprint density at radius 1 is 1.26 bits per heavy atom. The molecule has 0 saturated heterocycles. The largest absolute Gasteiger partial charge is 0.368 e. The average molecular weight is 276 g/mol. The van der Waals surface area contributed by atoms with Gasteiger partial charge in [0.15, 0.2) is 0 Å². The van der Waals surface area contributed by atoms with E-state index in [1.165, 1.54) is 32.1 Å². The minimum Gasteiger partial charge on any atom is -0.368 e. The summed E-state index contributed by atoms with van der Waals surface area (Å²) in [6.07, 6.45) is 8.05. The molecule has 0 amide bonds. The summed E-state index contributed by atoms with van der Waals surface area (Å²) >= 11 is 1.69. The quantitative estimate of drug-likeness (QED) is 0.901. The molecule has 0 radical (unpaired) electrons. The maximum absolute atomic E-state index is 6.02. The van der Waals surface area contributed by atoms with Crippen molar-refractivity contribution in [1.82, 2.24) is 9.97 Å². The molecule has 1 aliphatic rings. The van der Waals surface area contributed by atoms with Crippen molar-refractivity contribution < 1.29 is 0 Å². The van der Waals surface area contributed by atoms with Crippen molar-refractivity contribution in [1.29, 1.82) is 0 Å². The van der Waals surface area contributed by atoms with Gasteiger partial charge in [0.1, 0.15) is 12.1 Å². The molecule has 2 aromatic rings. The van der Waals surface area contributed by atoms with Crippen molar-refractivity contribution >= 4 is 27.4 Å². The summed E-state index contributed by atoms with van der Waals surface area (Å²) < 4.78 is 1.14. The zero-order valence-electron chi connectivity index (χ0n) is 11.1. The fraction of sp³-hybridized carbons (Fsp3) is 0.571. The van der Waals surface area contributed by atoms with Crippen LogP contribution in [0, 0.1) is 5.41 Å². The molecule has 0 atom stereocenters. The van der Waals surface area contributed by atoms with Crippen molar-refractivity contribution in [3.63, 3.8) is 0 Å². The molecule has 1 aliphatic carbocycles. The molecule has 0 aromatic carbocycles. The van der Waals surface area contributed by atoms with E-state index in [1.54, 1.807) is 17.7 Å². The zero-order chi connectivity index (χ0) is 13.1. The lowest BCUT2D eigenvalue weighted by Gasteiger charge is -2.36. The summed E-state index contributed by atoms with van der Waals surface area (Å²) in [4.78, 5) is 8.65. The molecule has 1 saturated carbocycles. The number of rotatable bonds is 4. The van der Waals surface area contributed by atoms with Crippen LogP contribution in [0.15, 0.2) is 17.8 Å². The van der Waals surface area contributed by atoms with Crippen molar-refractivity contribution in [2.75, 3.05) is 18.4 Å². The Kier molecular flexibility index (Phi) is 3.66. The molecule has 102 valence electrons. The standard InChI is InChI=1S/C14H20N4S/c15-8-14(5-2-1-3-6-14)9-16-13-12-11(4-7-19-12)17-10-18-13/h4,7,10H,1-3,5-6,8-9,15H2,(H,16,17,18).